The van der Waals surface area contributed by atoms with Crippen LogP contribution >= 0.6 is 0 Å². The van der Waals surface area contributed by atoms with E-state index in [1.54, 1.807) is 0 Å². The molecule has 0 bridgehead atoms. The van der Waals surface area contributed by atoms with Gasteiger partial charge in [-0.25, -0.2) is 0 Å². The molecule has 0 N–H and O–H groups in total. The molecule has 0 saturated carbocycles. The molecule has 0 amide bonds. The summed E-state index contributed by atoms with van der Waals surface area (Å²) < 4.78 is 0. The fraction of sp³-hybridized carbons (Fsp3) is 0.389. The average molecular weight is 485 g/mol. The summed E-state index contributed by atoms with van der Waals surface area (Å²) in [4.78, 5) is 0. The van der Waals surface area contributed by atoms with Crippen LogP contribution in [0.4, 0.5) is 0 Å². The zero-order valence-electron chi connectivity index (χ0n) is 24.4. The normalized spacial score (nSPS) is 12.7. The van der Waals surface area contributed by atoms with Crippen molar-refractivity contribution in [2.75, 3.05) is 0 Å². The van der Waals surface area contributed by atoms with Crippen molar-refractivity contribution in [2.45, 2.75) is 92.4 Å². The van der Waals surface area contributed by atoms with Crippen LogP contribution in [0.5, 0.6) is 0 Å². The Bertz CT molecular complexity index is 1310. The Morgan fingerprint density at radius 1 is 0.622 bits per heavy atom. The molecule has 1 aliphatic rings. The Morgan fingerprint density at radius 2 is 1.03 bits per heavy atom. The van der Waals surface area contributed by atoms with Crippen molar-refractivity contribution in [3.8, 4) is 34.8 Å². The minimum atomic E-state index is 0.00152. The number of rotatable bonds is 3. The second-order valence-corrected chi connectivity index (χ2v) is 11.5. The minimum absolute atomic E-state index is 0.00152. The van der Waals surface area contributed by atoms with E-state index in [-0.39, 0.29) is 5.41 Å². The Balaban J connectivity index is 0.000000214. The Kier molecular flexibility index (Phi) is 8.82. The SMILES string of the molecule is CC#Cc1ccc2c(c1)C(C)(C)c1cc(C#CC)ccc1-2.[B]c1c(C(C)C)cc(C(C)C)cc1C(C)C. The molecule has 1 heteroatoms. The van der Waals surface area contributed by atoms with Gasteiger partial charge < -0.3 is 0 Å². The quantitative estimate of drug-likeness (QED) is 0.258. The molecule has 37 heavy (non-hydrogen) atoms. The van der Waals surface area contributed by atoms with Crippen LogP contribution in [0.1, 0.15) is 126 Å². The van der Waals surface area contributed by atoms with Crippen molar-refractivity contribution in [3.63, 3.8) is 0 Å². The van der Waals surface area contributed by atoms with Gasteiger partial charge in [0, 0.05) is 16.5 Å². The van der Waals surface area contributed by atoms with Crippen LogP contribution in [0.3, 0.4) is 0 Å². The summed E-state index contributed by atoms with van der Waals surface area (Å²) in [5, 5.41) is 0. The number of fused-ring (bicyclic) bond motifs is 3. The van der Waals surface area contributed by atoms with Gasteiger partial charge in [-0.1, -0.05) is 108 Å². The van der Waals surface area contributed by atoms with Crippen molar-refractivity contribution in [1.29, 1.82) is 0 Å². The summed E-state index contributed by atoms with van der Waals surface area (Å²) in [5.41, 5.74) is 12.6. The summed E-state index contributed by atoms with van der Waals surface area (Å²) >= 11 is 0. The van der Waals surface area contributed by atoms with Gasteiger partial charge in [0.05, 0.1) is 0 Å². The highest BCUT2D eigenvalue weighted by molar-refractivity contribution is 6.34. The van der Waals surface area contributed by atoms with E-state index < -0.39 is 0 Å². The number of hydrogen-bond acceptors (Lipinski definition) is 0. The van der Waals surface area contributed by atoms with Crippen LogP contribution in [0.25, 0.3) is 11.1 Å². The molecule has 0 unspecified atom stereocenters. The lowest BCUT2D eigenvalue weighted by atomic mass is 9.76. The zero-order valence-corrected chi connectivity index (χ0v) is 24.4. The van der Waals surface area contributed by atoms with E-state index in [0.29, 0.717) is 17.8 Å². The topological polar surface area (TPSA) is 0 Å². The highest BCUT2D eigenvalue weighted by Crippen LogP contribution is 2.49. The molecule has 0 fully saturated rings. The van der Waals surface area contributed by atoms with Crippen LogP contribution < -0.4 is 5.46 Å². The van der Waals surface area contributed by atoms with Crippen LogP contribution in [-0.4, -0.2) is 7.85 Å². The van der Waals surface area contributed by atoms with Gasteiger partial charge >= 0.3 is 0 Å². The van der Waals surface area contributed by atoms with E-state index in [2.05, 4.69) is 128 Å². The third-order valence-electron chi connectivity index (χ3n) is 7.39. The monoisotopic (exact) mass is 484 g/mol. The third kappa shape index (κ3) is 5.89. The maximum Gasteiger partial charge on any atom is 0.114 e. The lowest BCUT2D eigenvalue weighted by Gasteiger charge is -2.21. The maximum absolute atomic E-state index is 6.25. The van der Waals surface area contributed by atoms with Crippen molar-refractivity contribution < 1.29 is 0 Å². The molecule has 0 aromatic heterocycles. The zero-order chi connectivity index (χ0) is 27.5. The molecule has 1 aliphatic carbocycles. The van der Waals surface area contributed by atoms with Crippen LogP contribution in [0.2, 0.25) is 0 Å². The first-order valence-electron chi connectivity index (χ1n) is 13.5. The highest BCUT2D eigenvalue weighted by atomic mass is 14.4. The van der Waals surface area contributed by atoms with E-state index in [4.69, 9.17) is 7.85 Å². The molecule has 188 valence electrons. The van der Waals surface area contributed by atoms with Crippen molar-refractivity contribution >= 4 is 13.3 Å². The Morgan fingerprint density at radius 3 is 1.35 bits per heavy atom. The van der Waals surface area contributed by atoms with Crippen LogP contribution in [0, 0.1) is 23.7 Å². The van der Waals surface area contributed by atoms with Gasteiger partial charge in [0.15, 0.2) is 0 Å². The molecular formula is C36H41B. The van der Waals surface area contributed by atoms with E-state index in [1.165, 1.54) is 38.9 Å². The van der Waals surface area contributed by atoms with Gasteiger partial charge in [-0.2, -0.15) is 0 Å². The molecule has 0 spiro atoms. The highest BCUT2D eigenvalue weighted by Gasteiger charge is 2.35. The van der Waals surface area contributed by atoms with E-state index >= 15 is 0 Å². The second kappa shape index (κ2) is 11.5. The third-order valence-corrected chi connectivity index (χ3v) is 7.39. The predicted molar refractivity (Wildman–Crippen MR) is 163 cm³/mol. The molecule has 2 radical (unpaired) electrons. The van der Waals surface area contributed by atoms with Gasteiger partial charge in [-0.3, -0.25) is 0 Å². The standard InChI is InChI=1S/C21H18.C15H23B/c1-5-7-15-9-11-17-18-12-10-16(8-6-2)14-20(18)21(3,4)19(17)13-15;1-9(2)12-7-13(10(3)4)15(16)14(8-12)11(5)6/h9-14H,1-4H3;7-11H,1-6H3. The lowest BCUT2D eigenvalue weighted by molar-refractivity contribution is 0.660. The second-order valence-electron chi connectivity index (χ2n) is 11.5. The summed E-state index contributed by atoms with van der Waals surface area (Å²) in [6.07, 6.45) is 0. The molecule has 0 aliphatic heterocycles. The lowest BCUT2D eigenvalue weighted by Crippen LogP contribution is -2.19. The first kappa shape index (κ1) is 28.4. The van der Waals surface area contributed by atoms with Crippen molar-refractivity contribution in [2.24, 2.45) is 0 Å². The summed E-state index contributed by atoms with van der Waals surface area (Å²) in [6, 6.07) is 17.6. The molecular weight excluding hydrogens is 443 g/mol. The van der Waals surface area contributed by atoms with E-state index in [0.717, 1.165) is 16.6 Å². The van der Waals surface area contributed by atoms with Gasteiger partial charge in [0.1, 0.15) is 7.85 Å². The summed E-state index contributed by atoms with van der Waals surface area (Å²) in [7, 11) is 6.25. The number of benzene rings is 3. The van der Waals surface area contributed by atoms with Gasteiger partial charge in [-0.05, 0) is 83.7 Å². The molecule has 0 heterocycles. The van der Waals surface area contributed by atoms with Gasteiger partial charge in [0.25, 0.3) is 0 Å². The van der Waals surface area contributed by atoms with Crippen molar-refractivity contribution in [1.82, 2.24) is 0 Å². The smallest absolute Gasteiger partial charge is 0.101 e. The predicted octanol–water partition coefficient (Wildman–Crippen LogP) is 8.59. The van der Waals surface area contributed by atoms with E-state index in [1.807, 2.05) is 13.8 Å². The summed E-state index contributed by atoms with van der Waals surface area (Å²) in [5.74, 6) is 13.8. The fourth-order valence-corrected chi connectivity index (χ4v) is 5.19. The Labute approximate surface area is 227 Å². The molecule has 0 saturated heterocycles. The molecule has 3 aromatic carbocycles. The molecule has 0 nitrogen and oxygen atoms in total. The fourth-order valence-electron chi connectivity index (χ4n) is 5.19. The summed E-state index contributed by atoms with van der Waals surface area (Å²) in [6.45, 7) is 21.6. The van der Waals surface area contributed by atoms with Crippen LogP contribution in [0.15, 0.2) is 48.5 Å². The van der Waals surface area contributed by atoms with Crippen molar-refractivity contribution in [3.05, 3.63) is 87.5 Å². The molecule has 3 aromatic rings. The van der Waals surface area contributed by atoms with Gasteiger partial charge in [-0.15, -0.1) is 11.8 Å². The Hall–Kier alpha value is -3.16. The maximum atomic E-state index is 6.25. The molecule has 4 rings (SSSR count). The van der Waals surface area contributed by atoms with E-state index in [9.17, 15) is 0 Å². The molecule has 0 atom stereocenters. The first-order chi connectivity index (χ1) is 17.4. The minimum Gasteiger partial charge on any atom is -0.101 e. The van der Waals surface area contributed by atoms with Gasteiger partial charge in [0.2, 0.25) is 0 Å². The number of hydrogen-bond donors (Lipinski definition) is 0. The average Bonchev–Trinajstić information content (AvgIpc) is 3.05. The largest absolute Gasteiger partial charge is 0.114 e. The van der Waals surface area contributed by atoms with Crippen LogP contribution in [-0.2, 0) is 5.41 Å². The first-order valence-corrected chi connectivity index (χ1v) is 13.5.